The first-order chi connectivity index (χ1) is 9.02. The Morgan fingerprint density at radius 1 is 1.26 bits per heavy atom. The summed E-state index contributed by atoms with van der Waals surface area (Å²) in [7, 11) is 0. The minimum atomic E-state index is -4.34. The van der Waals surface area contributed by atoms with Gasteiger partial charge in [-0.2, -0.15) is 13.2 Å². The number of carbonyl (C=O) groups excluding carboxylic acids is 1. The van der Waals surface area contributed by atoms with Crippen LogP contribution in [0, 0.1) is 0 Å². The Morgan fingerprint density at radius 3 is 2.53 bits per heavy atom. The van der Waals surface area contributed by atoms with Crippen molar-refractivity contribution in [1.29, 1.82) is 0 Å². The van der Waals surface area contributed by atoms with Gasteiger partial charge in [-0.05, 0) is 24.1 Å². The number of nitrogens with zero attached hydrogens (tertiary/aromatic N) is 1. The molecule has 0 N–H and O–H groups in total. The Labute approximate surface area is 109 Å². The molecule has 1 amide bonds. The summed E-state index contributed by atoms with van der Waals surface area (Å²) < 4.78 is 42.8. The molecule has 1 aliphatic rings. The van der Waals surface area contributed by atoms with Crippen molar-refractivity contribution in [2.75, 3.05) is 19.8 Å². The maximum absolute atomic E-state index is 12.5. The molecule has 0 unspecified atom stereocenters. The van der Waals surface area contributed by atoms with Crippen LogP contribution in [0.25, 0.3) is 0 Å². The second-order valence-corrected chi connectivity index (χ2v) is 4.41. The third-order valence-corrected chi connectivity index (χ3v) is 3.14. The number of carbonyl (C=O) groups is 1. The smallest absolute Gasteiger partial charge is 0.379 e. The van der Waals surface area contributed by atoms with Crippen molar-refractivity contribution >= 4 is 6.41 Å². The van der Waals surface area contributed by atoms with Crippen molar-refractivity contribution in [1.82, 2.24) is 4.90 Å². The average Bonchev–Trinajstić information content (AvgIpc) is 2.62. The molecule has 0 aromatic heterocycles. The summed E-state index contributed by atoms with van der Waals surface area (Å²) in [5.41, 5.74) is -0.0366. The molecular formula is C13H14F3NO2. The molecule has 1 heterocycles. The largest absolute Gasteiger partial charge is 0.416 e. The molecule has 0 radical (unpaired) electrons. The van der Waals surface area contributed by atoms with Gasteiger partial charge >= 0.3 is 6.18 Å². The van der Waals surface area contributed by atoms with Crippen LogP contribution in [-0.2, 0) is 15.7 Å². The molecule has 1 aromatic rings. The van der Waals surface area contributed by atoms with Crippen LogP contribution in [0.2, 0.25) is 0 Å². The van der Waals surface area contributed by atoms with Crippen LogP contribution in [-0.4, -0.2) is 31.1 Å². The molecule has 1 saturated heterocycles. The van der Waals surface area contributed by atoms with E-state index >= 15 is 0 Å². The number of halogens is 3. The summed E-state index contributed by atoms with van der Waals surface area (Å²) in [6.07, 6.45) is -2.89. The zero-order valence-electron chi connectivity index (χ0n) is 10.2. The predicted molar refractivity (Wildman–Crippen MR) is 62.4 cm³/mol. The summed E-state index contributed by atoms with van der Waals surface area (Å²) >= 11 is 0. The Balaban J connectivity index is 2.22. The number of alkyl halides is 3. The van der Waals surface area contributed by atoms with Crippen LogP contribution in [0.4, 0.5) is 13.2 Å². The summed E-state index contributed by atoms with van der Waals surface area (Å²) in [6.45, 7) is 1.42. The van der Waals surface area contributed by atoms with E-state index in [2.05, 4.69) is 0 Å². The van der Waals surface area contributed by atoms with Crippen molar-refractivity contribution in [3.63, 3.8) is 0 Å². The van der Waals surface area contributed by atoms with Crippen LogP contribution >= 0.6 is 0 Å². The Morgan fingerprint density at radius 2 is 1.95 bits per heavy atom. The number of benzene rings is 1. The highest BCUT2D eigenvalue weighted by atomic mass is 19.4. The topological polar surface area (TPSA) is 29.5 Å². The fourth-order valence-corrected chi connectivity index (χ4v) is 2.10. The van der Waals surface area contributed by atoms with E-state index in [-0.39, 0.29) is 6.04 Å². The van der Waals surface area contributed by atoms with Gasteiger partial charge in [-0.15, -0.1) is 0 Å². The van der Waals surface area contributed by atoms with Crippen LogP contribution in [0.15, 0.2) is 24.3 Å². The number of hydrogen-bond donors (Lipinski definition) is 0. The van der Waals surface area contributed by atoms with E-state index < -0.39 is 11.7 Å². The minimum Gasteiger partial charge on any atom is -0.379 e. The molecule has 6 heteroatoms. The van der Waals surface area contributed by atoms with E-state index in [0.29, 0.717) is 25.3 Å². The standard InChI is InChI=1S/C13H14F3NO2/c14-13(15,16)11-4-2-10(3-5-11)12-8-19-7-1-6-17(12)9-18/h2-5,9,12H,1,6-8H2/t12-/m1/s1. The van der Waals surface area contributed by atoms with Gasteiger partial charge in [0, 0.05) is 13.2 Å². The molecule has 2 rings (SSSR count). The van der Waals surface area contributed by atoms with Crippen molar-refractivity contribution in [2.24, 2.45) is 0 Å². The Kier molecular flexibility index (Phi) is 4.09. The van der Waals surface area contributed by atoms with Gasteiger partial charge in [0.15, 0.2) is 0 Å². The fraction of sp³-hybridized carbons (Fsp3) is 0.462. The normalized spacial score (nSPS) is 21.0. The number of amides is 1. The van der Waals surface area contributed by atoms with E-state index in [1.807, 2.05) is 0 Å². The van der Waals surface area contributed by atoms with Crippen LogP contribution < -0.4 is 0 Å². The molecule has 1 aliphatic heterocycles. The maximum Gasteiger partial charge on any atom is 0.416 e. The minimum absolute atomic E-state index is 0.310. The molecule has 0 saturated carbocycles. The van der Waals surface area contributed by atoms with Gasteiger partial charge < -0.3 is 9.64 Å². The van der Waals surface area contributed by atoms with Gasteiger partial charge in [0.05, 0.1) is 18.2 Å². The van der Waals surface area contributed by atoms with E-state index in [9.17, 15) is 18.0 Å². The molecule has 1 atom stereocenters. The molecule has 19 heavy (non-hydrogen) atoms. The predicted octanol–water partition coefficient (Wildman–Crippen LogP) is 2.63. The number of hydrogen-bond acceptors (Lipinski definition) is 2. The van der Waals surface area contributed by atoms with Crippen molar-refractivity contribution in [2.45, 2.75) is 18.6 Å². The van der Waals surface area contributed by atoms with Gasteiger partial charge in [0.25, 0.3) is 0 Å². The van der Waals surface area contributed by atoms with E-state index in [1.165, 1.54) is 12.1 Å². The summed E-state index contributed by atoms with van der Waals surface area (Å²) in [5, 5.41) is 0. The quantitative estimate of drug-likeness (QED) is 0.775. The number of ether oxygens (including phenoxy) is 1. The molecule has 0 spiro atoms. The Hall–Kier alpha value is -1.56. The highest BCUT2D eigenvalue weighted by Crippen LogP contribution is 2.31. The third-order valence-electron chi connectivity index (χ3n) is 3.14. The van der Waals surface area contributed by atoms with Gasteiger partial charge in [-0.1, -0.05) is 12.1 Å². The fourth-order valence-electron chi connectivity index (χ4n) is 2.10. The lowest BCUT2D eigenvalue weighted by atomic mass is 10.0. The average molecular weight is 273 g/mol. The first-order valence-electron chi connectivity index (χ1n) is 5.98. The molecule has 0 bridgehead atoms. The molecule has 1 fully saturated rings. The lowest BCUT2D eigenvalue weighted by Gasteiger charge is -2.25. The third kappa shape index (κ3) is 3.26. The highest BCUT2D eigenvalue weighted by Gasteiger charge is 2.30. The lowest BCUT2D eigenvalue weighted by molar-refractivity contribution is -0.137. The zero-order chi connectivity index (χ0) is 13.9. The van der Waals surface area contributed by atoms with Crippen molar-refractivity contribution in [3.05, 3.63) is 35.4 Å². The lowest BCUT2D eigenvalue weighted by Crippen LogP contribution is -2.29. The number of rotatable bonds is 2. The van der Waals surface area contributed by atoms with E-state index in [4.69, 9.17) is 4.74 Å². The van der Waals surface area contributed by atoms with Crippen molar-refractivity contribution < 1.29 is 22.7 Å². The summed E-state index contributed by atoms with van der Waals surface area (Å²) in [6, 6.07) is 4.55. The van der Waals surface area contributed by atoms with Crippen LogP contribution in [0.3, 0.4) is 0 Å². The van der Waals surface area contributed by atoms with Gasteiger partial charge in [0.1, 0.15) is 0 Å². The van der Waals surface area contributed by atoms with Crippen LogP contribution in [0.5, 0.6) is 0 Å². The highest BCUT2D eigenvalue weighted by molar-refractivity contribution is 5.49. The molecule has 0 aliphatic carbocycles. The molecule has 1 aromatic carbocycles. The van der Waals surface area contributed by atoms with Gasteiger partial charge in [0.2, 0.25) is 6.41 Å². The van der Waals surface area contributed by atoms with Gasteiger partial charge in [-0.3, -0.25) is 4.79 Å². The molecular weight excluding hydrogens is 259 g/mol. The SMILES string of the molecule is O=CN1CCCOC[C@@H]1c1ccc(C(F)(F)F)cc1. The molecule has 104 valence electrons. The summed E-state index contributed by atoms with van der Waals surface area (Å²) in [5.74, 6) is 0. The second-order valence-electron chi connectivity index (χ2n) is 4.41. The maximum atomic E-state index is 12.5. The molecule has 3 nitrogen and oxygen atoms in total. The van der Waals surface area contributed by atoms with E-state index in [1.54, 1.807) is 4.90 Å². The monoisotopic (exact) mass is 273 g/mol. The zero-order valence-corrected chi connectivity index (χ0v) is 10.2. The van der Waals surface area contributed by atoms with Gasteiger partial charge in [-0.25, -0.2) is 0 Å². The Bertz CT molecular complexity index is 431. The van der Waals surface area contributed by atoms with E-state index in [0.717, 1.165) is 25.0 Å². The van der Waals surface area contributed by atoms with Crippen molar-refractivity contribution in [3.8, 4) is 0 Å². The second kappa shape index (κ2) is 5.61. The first-order valence-corrected chi connectivity index (χ1v) is 5.98. The van der Waals surface area contributed by atoms with Crippen LogP contribution in [0.1, 0.15) is 23.6 Å². The summed E-state index contributed by atoms with van der Waals surface area (Å²) in [4.78, 5) is 12.6. The first kappa shape index (κ1) is 13.9.